The first kappa shape index (κ1) is 11.1. The van der Waals surface area contributed by atoms with Crippen molar-refractivity contribution < 1.29 is 4.79 Å². The standard InChI is InChI=1S/C15H24N2O/c18-15(17-3-1-2-4-17)16-14-12-6-10-5-11(8-12)9-13(14)7-10/h10-14H,1-9H2,(H,16,18). The lowest BCUT2D eigenvalue weighted by molar-refractivity contribution is -0.0107. The molecule has 0 atom stereocenters. The van der Waals surface area contributed by atoms with Crippen LogP contribution < -0.4 is 5.32 Å². The average Bonchev–Trinajstić information content (AvgIpc) is 2.86. The minimum atomic E-state index is 0.227. The molecule has 0 aromatic rings. The van der Waals surface area contributed by atoms with Gasteiger partial charge in [-0.25, -0.2) is 4.79 Å². The second-order valence-electron chi connectivity index (χ2n) is 7.10. The van der Waals surface area contributed by atoms with Crippen molar-refractivity contribution in [1.29, 1.82) is 0 Å². The summed E-state index contributed by atoms with van der Waals surface area (Å²) >= 11 is 0. The van der Waals surface area contributed by atoms with Gasteiger partial charge in [0.1, 0.15) is 0 Å². The summed E-state index contributed by atoms with van der Waals surface area (Å²) in [5, 5.41) is 3.39. The van der Waals surface area contributed by atoms with Crippen molar-refractivity contribution in [3.05, 3.63) is 0 Å². The van der Waals surface area contributed by atoms with Crippen molar-refractivity contribution in [3.8, 4) is 0 Å². The Morgan fingerprint density at radius 1 is 0.889 bits per heavy atom. The van der Waals surface area contributed by atoms with Gasteiger partial charge in [0.2, 0.25) is 0 Å². The van der Waals surface area contributed by atoms with E-state index in [2.05, 4.69) is 5.32 Å². The monoisotopic (exact) mass is 248 g/mol. The number of nitrogens with zero attached hydrogens (tertiary/aromatic N) is 1. The van der Waals surface area contributed by atoms with Crippen LogP contribution in [0.25, 0.3) is 0 Å². The van der Waals surface area contributed by atoms with Gasteiger partial charge in [0, 0.05) is 19.1 Å². The second kappa shape index (κ2) is 4.14. The summed E-state index contributed by atoms with van der Waals surface area (Å²) < 4.78 is 0. The van der Waals surface area contributed by atoms with Gasteiger partial charge in [0.05, 0.1) is 0 Å². The summed E-state index contributed by atoms with van der Waals surface area (Å²) in [6.07, 6.45) is 9.41. The van der Waals surface area contributed by atoms with E-state index in [9.17, 15) is 4.79 Å². The molecule has 4 aliphatic carbocycles. The molecule has 3 heteroatoms. The lowest BCUT2D eigenvalue weighted by Crippen LogP contribution is -2.57. The highest BCUT2D eigenvalue weighted by Crippen LogP contribution is 2.53. The lowest BCUT2D eigenvalue weighted by atomic mass is 9.54. The van der Waals surface area contributed by atoms with Crippen molar-refractivity contribution in [3.63, 3.8) is 0 Å². The fourth-order valence-corrected chi connectivity index (χ4v) is 5.31. The number of urea groups is 1. The highest BCUT2D eigenvalue weighted by molar-refractivity contribution is 5.74. The quantitative estimate of drug-likeness (QED) is 0.760. The smallest absolute Gasteiger partial charge is 0.317 e. The van der Waals surface area contributed by atoms with E-state index >= 15 is 0 Å². The Bertz CT molecular complexity index is 320. The van der Waals surface area contributed by atoms with Crippen LogP contribution >= 0.6 is 0 Å². The Hall–Kier alpha value is -0.730. The van der Waals surface area contributed by atoms with Crippen LogP contribution in [0.15, 0.2) is 0 Å². The average molecular weight is 248 g/mol. The molecule has 5 rings (SSSR count). The molecule has 1 N–H and O–H groups in total. The predicted octanol–water partition coefficient (Wildman–Crippen LogP) is 2.62. The second-order valence-corrected chi connectivity index (χ2v) is 7.10. The molecule has 0 aromatic heterocycles. The molecule has 0 aromatic carbocycles. The van der Waals surface area contributed by atoms with E-state index in [1.807, 2.05) is 4.90 Å². The third-order valence-corrected chi connectivity index (χ3v) is 5.91. The van der Waals surface area contributed by atoms with E-state index in [1.165, 1.54) is 44.9 Å². The maximum Gasteiger partial charge on any atom is 0.317 e. The first-order valence-electron chi connectivity index (χ1n) is 7.85. The molecule has 1 saturated heterocycles. The van der Waals surface area contributed by atoms with Crippen LogP contribution in [-0.4, -0.2) is 30.1 Å². The molecule has 0 radical (unpaired) electrons. The van der Waals surface area contributed by atoms with Crippen LogP contribution in [0, 0.1) is 23.7 Å². The third kappa shape index (κ3) is 1.74. The van der Waals surface area contributed by atoms with Crippen LogP contribution in [-0.2, 0) is 0 Å². The zero-order chi connectivity index (χ0) is 12.1. The minimum absolute atomic E-state index is 0.227. The van der Waals surface area contributed by atoms with Gasteiger partial charge in [0.15, 0.2) is 0 Å². The van der Waals surface area contributed by atoms with Crippen LogP contribution in [0.1, 0.15) is 44.9 Å². The van der Waals surface area contributed by atoms with Crippen molar-refractivity contribution in [2.45, 2.75) is 51.0 Å². The molecule has 2 amide bonds. The molecule has 100 valence electrons. The van der Waals surface area contributed by atoms with Gasteiger partial charge >= 0.3 is 6.03 Å². The van der Waals surface area contributed by atoms with Crippen molar-refractivity contribution in [1.82, 2.24) is 10.2 Å². The molecule has 4 saturated carbocycles. The number of hydrogen-bond donors (Lipinski definition) is 1. The number of amides is 2. The number of carbonyl (C=O) groups excluding carboxylic acids is 1. The van der Waals surface area contributed by atoms with E-state index in [1.54, 1.807) is 0 Å². The number of carbonyl (C=O) groups is 1. The predicted molar refractivity (Wildman–Crippen MR) is 70.2 cm³/mol. The molecule has 5 fully saturated rings. The highest BCUT2D eigenvalue weighted by atomic mass is 16.2. The van der Waals surface area contributed by atoms with E-state index in [0.717, 1.165) is 36.8 Å². The molecule has 4 bridgehead atoms. The topological polar surface area (TPSA) is 32.3 Å². The van der Waals surface area contributed by atoms with Gasteiger partial charge in [-0.1, -0.05) is 0 Å². The Morgan fingerprint density at radius 3 is 2.00 bits per heavy atom. The Balaban J connectivity index is 1.44. The lowest BCUT2D eigenvalue weighted by Gasteiger charge is -2.54. The van der Waals surface area contributed by atoms with E-state index in [-0.39, 0.29) is 6.03 Å². The van der Waals surface area contributed by atoms with Gasteiger partial charge in [0.25, 0.3) is 0 Å². The summed E-state index contributed by atoms with van der Waals surface area (Å²) in [5.74, 6) is 3.58. The van der Waals surface area contributed by atoms with Gasteiger partial charge < -0.3 is 10.2 Å². The molecule has 5 aliphatic rings. The molecule has 18 heavy (non-hydrogen) atoms. The maximum absolute atomic E-state index is 12.3. The first-order chi connectivity index (χ1) is 8.79. The van der Waals surface area contributed by atoms with Crippen LogP contribution in [0.5, 0.6) is 0 Å². The number of hydrogen-bond acceptors (Lipinski definition) is 1. The molecule has 3 nitrogen and oxygen atoms in total. The molecular weight excluding hydrogens is 224 g/mol. The summed E-state index contributed by atoms with van der Waals surface area (Å²) in [7, 11) is 0. The summed E-state index contributed by atoms with van der Waals surface area (Å²) in [4.78, 5) is 14.3. The van der Waals surface area contributed by atoms with Crippen molar-refractivity contribution in [2.24, 2.45) is 23.7 Å². The number of nitrogens with one attached hydrogen (secondary N) is 1. The maximum atomic E-state index is 12.3. The fraction of sp³-hybridized carbons (Fsp3) is 0.933. The van der Waals surface area contributed by atoms with Crippen molar-refractivity contribution >= 4 is 6.03 Å². The van der Waals surface area contributed by atoms with Crippen LogP contribution in [0.4, 0.5) is 4.79 Å². The van der Waals surface area contributed by atoms with Gasteiger partial charge in [-0.3, -0.25) is 0 Å². The molecule has 1 aliphatic heterocycles. The Labute approximate surface area is 109 Å². The Kier molecular flexibility index (Phi) is 2.56. The fourth-order valence-electron chi connectivity index (χ4n) is 5.31. The Morgan fingerprint density at radius 2 is 1.44 bits per heavy atom. The first-order valence-corrected chi connectivity index (χ1v) is 7.85. The summed E-state index contributed by atoms with van der Waals surface area (Å²) in [6.45, 7) is 1.94. The largest absolute Gasteiger partial charge is 0.335 e. The number of rotatable bonds is 1. The molecular formula is C15H24N2O. The highest BCUT2D eigenvalue weighted by Gasteiger charge is 2.48. The van der Waals surface area contributed by atoms with Crippen LogP contribution in [0.3, 0.4) is 0 Å². The SMILES string of the molecule is O=C(NC1C2CC3CC(C2)CC1C3)N1CCCC1. The zero-order valence-electron chi connectivity index (χ0n) is 11.1. The summed E-state index contributed by atoms with van der Waals surface area (Å²) in [5.41, 5.74) is 0. The molecule has 0 spiro atoms. The van der Waals surface area contributed by atoms with E-state index in [4.69, 9.17) is 0 Å². The van der Waals surface area contributed by atoms with Gasteiger partial charge in [-0.2, -0.15) is 0 Å². The summed E-state index contributed by atoms with van der Waals surface area (Å²) in [6, 6.07) is 0.732. The molecule has 1 heterocycles. The van der Waals surface area contributed by atoms with Crippen molar-refractivity contribution in [2.75, 3.05) is 13.1 Å². The normalized spacial score (nSPS) is 45.6. The van der Waals surface area contributed by atoms with Crippen LogP contribution in [0.2, 0.25) is 0 Å². The van der Waals surface area contributed by atoms with E-state index in [0.29, 0.717) is 6.04 Å². The van der Waals surface area contributed by atoms with Gasteiger partial charge in [-0.15, -0.1) is 0 Å². The number of likely N-dealkylation sites (tertiary alicyclic amines) is 1. The van der Waals surface area contributed by atoms with E-state index < -0.39 is 0 Å². The van der Waals surface area contributed by atoms with Gasteiger partial charge in [-0.05, 0) is 68.6 Å². The molecule has 0 unspecified atom stereocenters. The minimum Gasteiger partial charge on any atom is -0.335 e. The zero-order valence-corrected chi connectivity index (χ0v) is 11.1. The third-order valence-electron chi connectivity index (χ3n) is 5.91.